The Hall–Kier alpha value is -0.610. The van der Waals surface area contributed by atoms with Gasteiger partial charge in [0.1, 0.15) is 6.10 Å². The van der Waals surface area contributed by atoms with E-state index in [-0.39, 0.29) is 12.7 Å². The number of hydrogen-bond acceptors (Lipinski definition) is 3. The van der Waals surface area contributed by atoms with Gasteiger partial charge in [-0.1, -0.05) is 23.7 Å². The molecule has 13 heavy (non-hydrogen) atoms. The van der Waals surface area contributed by atoms with Crippen molar-refractivity contribution in [3.8, 4) is 0 Å². The lowest BCUT2D eigenvalue weighted by molar-refractivity contribution is 0.0342. The van der Waals surface area contributed by atoms with Crippen molar-refractivity contribution in [2.24, 2.45) is 5.90 Å². The minimum Gasteiger partial charge on any atom is -0.396 e. The highest BCUT2D eigenvalue weighted by Gasteiger charge is 2.10. The van der Waals surface area contributed by atoms with Gasteiger partial charge >= 0.3 is 0 Å². The fraction of sp³-hybridized carbons (Fsp3) is 0.333. The molecule has 3 N–H and O–H groups in total. The number of aliphatic hydroxyl groups is 1. The molecule has 1 unspecified atom stereocenters. The maximum absolute atomic E-state index is 8.73. The van der Waals surface area contributed by atoms with E-state index in [9.17, 15) is 0 Å². The first kappa shape index (κ1) is 10.5. The maximum atomic E-state index is 8.73. The molecule has 0 spiro atoms. The lowest BCUT2D eigenvalue weighted by Gasteiger charge is -2.13. The number of aliphatic hydroxyl groups excluding tert-OH is 1. The molecule has 0 heterocycles. The predicted molar refractivity (Wildman–Crippen MR) is 51.2 cm³/mol. The Morgan fingerprint density at radius 3 is 2.85 bits per heavy atom. The van der Waals surface area contributed by atoms with E-state index in [4.69, 9.17) is 27.4 Å². The summed E-state index contributed by atoms with van der Waals surface area (Å²) in [7, 11) is 0. The molecule has 0 aliphatic rings. The van der Waals surface area contributed by atoms with Crippen LogP contribution >= 0.6 is 11.6 Å². The summed E-state index contributed by atoms with van der Waals surface area (Å²) in [6, 6.07) is 7.23. The number of rotatable bonds is 4. The average molecular weight is 202 g/mol. The summed E-state index contributed by atoms with van der Waals surface area (Å²) in [6.45, 7) is 0.0361. The molecule has 0 aliphatic carbocycles. The molecule has 1 atom stereocenters. The zero-order valence-corrected chi connectivity index (χ0v) is 7.87. The molecule has 1 aromatic rings. The summed E-state index contributed by atoms with van der Waals surface area (Å²) in [5.41, 5.74) is 0.879. The summed E-state index contributed by atoms with van der Waals surface area (Å²) >= 11 is 5.79. The van der Waals surface area contributed by atoms with Crippen LogP contribution < -0.4 is 5.90 Å². The van der Waals surface area contributed by atoms with E-state index in [1.165, 1.54) is 0 Å². The van der Waals surface area contributed by atoms with Gasteiger partial charge in [-0.3, -0.25) is 4.84 Å². The molecule has 0 bridgehead atoms. The second-order valence-corrected chi connectivity index (χ2v) is 3.13. The molecule has 72 valence electrons. The van der Waals surface area contributed by atoms with E-state index in [2.05, 4.69) is 0 Å². The number of nitrogens with two attached hydrogens (primary N) is 1. The molecule has 4 heteroatoms. The van der Waals surface area contributed by atoms with Gasteiger partial charge in [-0.05, 0) is 17.7 Å². The number of benzene rings is 1. The van der Waals surface area contributed by atoms with Crippen LogP contribution in [-0.4, -0.2) is 11.7 Å². The predicted octanol–water partition coefficient (Wildman–Crippen LogP) is 1.65. The van der Waals surface area contributed by atoms with E-state index in [0.29, 0.717) is 11.4 Å². The number of halogens is 1. The minimum atomic E-state index is -0.288. The van der Waals surface area contributed by atoms with E-state index >= 15 is 0 Å². The summed E-state index contributed by atoms with van der Waals surface area (Å²) < 4.78 is 0. The topological polar surface area (TPSA) is 55.5 Å². The van der Waals surface area contributed by atoms with Gasteiger partial charge in [0.15, 0.2) is 0 Å². The molecule has 0 fully saturated rings. The molecule has 0 aliphatic heterocycles. The zero-order chi connectivity index (χ0) is 9.68. The third-order valence-electron chi connectivity index (χ3n) is 1.78. The van der Waals surface area contributed by atoms with E-state index < -0.39 is 0 Å². The van der Waals surface area contributed by atoms with E-state index in [0.717, 1.165) is 5.56 Å². The third-order valence-corrected chi connectivity index (χ3v) is 2.01. The average Bonchev–Trinajstić information content (AvgIpc) is 2.14. The highest BCUT2D eigenvalue weighted by molar-refractivity contribution is 6.30. The second kappa shape index (κ2) is 5.19. The van der Waals surface area contributed by atoms with Crippen molar-refractivity contribution in [2.75, 3.05) is 6.61 Å². The standard InChI is InChI=1S/C9H12ClNO2/c10-8-3-1-2-7(6-8)9(13-11)4-5-12/h1-3,6,9,12H,4-5,11H2. The lowest BCUT2D eigenvalue weighted by atomic mass is 10.1. The largest absolute Gasteiger partial charge is 0.396 e. The molecule has 0 saturated carbocycles. The fourth-order valence-corrected chi connectivity index (χ4v) is 1.34. The zero-order valence-electron chi connectivity index (χ0n) is 7.11. The van der Waals surface area contributed by atoms with Gasteiger partial charge in [-0.25, -0.2) is 5.90 Å². The Balaban J connectivity index is 2.78. The van der Waals surface area contributed by atoms with Gasteiger partial charge < -0.3 is 5.11 Å². The van der Waals surface area contributed by atoms with Crippen LogP contribution in [0.3, 0.4) is 0 Å². The smallest absolute Gasteiger partial charge is 0.106 e. The van der Waals surface area contributed by atoms with Crippen molar-refractivity contribution in [1.29, 1.82) is 0 Å². The molecule has 0 amide bonds. The van der Waals surface area contributed by atoms with Crippen molar-refractivity contribution >= 4 is 11.6 Å². The highest BCUT2D eigenvalue weighted by atomic mass is 35.5. The van der Waals surface area contributed by atoms with Gasteiger partial charge in [-0.2, -0.15) is 0 Å². The molecule has 1 aromatic carbocycles. The van der Waals surface area contributed by atoms with Crippen LogP contribution in [0.5, 0.6) is 0 Å². The van der Waals surface area contributed by atoms with Gasteiger partial charge in [0, 0.05) is 18.1 Å². The van der Waals surface area contributed by atoms with Crippen LogP contribution in [0.4, 0.5) is 0 Å². The molecule has 1 rings (SSSR count). The van der Waals surface area contributed by atoms with E-state index in [1.54, 1.807) is 12.1 Å². The normalized spacial score (nSPS) is 12.8. The fourth-order valence-electron chi connectivity index (χ4n) is 1.14. The quantitative estimate of drug-likeness (QED) is 0.729. The first-order valence-electron chi connectivity index (χ1n) is 3.99. The first-order valence-corrected chi connectivity index (χ1v) is 4.37. The van der Waals surface area contributed by atoms with Crippen molar-refractivity contribution in [1.82, 2.24) is 0 Å². The van der Waals surface area contributed by atoms with Crippen molar-refractivity contribution in [2.45, 2.75) is 12.5 Å². The molecule has 0 aromatic heterocycles. The van der Waals surface area contributed by atoms with Crippen molar-refractivity contribution in [3.63, 3.8) is 0 Å². The van der Waals surface area contributed by atoms with Crippen LogP contribution in [0.2, 0.25) is 5.02 Å². The van der Waals surface area contributed by atoms with Crippen molar-refractivity contribution < 1.29 is 9.94 Å². The summed E-state index contributed by atoms with van der Waals surface area (Å²) in [5, 5.41) is 9.37. The third kappa shape index (κ3) is 2.97. The highest BCUT2D eigenvalue weighted by Crippen LogP contribution is 2.21. The van der Waals surface area contributed by atoms with Gasteiger partial charge in [0.2, 0.25) is 0 Å². The summed E-state index contributed by atoms with van der Waals surface area (Å²) in [5.74, 6) is 5.09. The second-order valence-electron chi connectivity index (χ2n) is 2.69. The Kier molecular flexibility index (Phi) is 4.18. The Bertz CT molecular complexity index is 268. The minimum absolute atomic E-state index is 0.0361. The van der Waals surface area contributed by atoms with Crippen LogP contribution in [0.15, 0.2) is 24.3 Å². The Labute approximate surface area is 82.0 Å². The Morgan fingerprint density at radius 1 is 1.54 bits per heavy atom. The molecular formula is C9H12ClNO2. The van der Waals surface area contributed by atoms with Crippen molar-refractivity contribution in [3.05, 3.63) is 34.9 Å². The van der Waals surface area contributed by atoms with Gasteiger partial charge in [0.05, 0.1) is 0 Å². The Morgan fingerprint density at radius 2 is 2.31 bits per heavy atom. The number of hydrogen-bond donors (Lipinski definition) is 2. The van der Waals surface area contributed by atoms with Gasteiger partial charge in [0.25, 0.3) is 0 Å². The van der Waals surface area contributed by atoms with Crippen LogP contribution in [0.25, 0.3) is 0 Å². The molecule has 0 radical (unpaired) electrons. The summed E-state index contributed by atoms with van der Waals surface area (Å²) in [4.78, 5) is 4.71. The van der Waals surface area contributed by atoms with Gasteiger partial charge in [-0.15, -0.1) is 0 Å². The molecule has 0 saturated heterocycles. The van der Waals surface area contributed by atoms with Crippen LogP contribution in [-0.2, 0) is 4.84 Å². The van der Waals surface area contributed by atoms with Crippen LogP contribution in [0, 0.1) is 0 Å². The molecule has 3 nitrogen and oxygen atoms in total. The summed E-state index contributed by atoms with van der Waals surface area (Å²) in [6.07, 6.45) is 0.181. The first-order chi connectivity index (χ1) is 6.27. The SMILES string of the molecule is NOC(CCO)c1cccc(Cl)c1. The monoisotopic (exact) mass is 201 g/mol. The van der Waals surface area contributed by atoms with Crippen LogP contribution in [0.1, 0.15) is 18.1 Å². The van der Waals surface area contributed by atoms with E-state index in [1.807, 2.05) is 12.1 Å². The lowest BCUT2D eigenvalue weighted by Crippen LogP contribution is -2.10. The molecular weight excluding hydrogens is 190 g/mol. The maximum Gasteiger partial charge on any atom is 0.106 e.